The van der Waals surface area contributed by atoms with Crippen LogP contribution in [0.3, 0.4) is 0 Å². The van der Waals surface area contributed by atoms with Crippen LogP contribution in [0.4, 0.5) is 11.5 Å². The third-order valence-electron chi connectivity index (χ3n) is 3.93. The molecule has 0 aliphatic heterocycles. The molecule has 4 nitrogen and oxygen atoms in total. The van der Waals surface area contributed by atoms with E-state index in [-0.39, 0.29) is 5.41 Å². The Bertz CT molecular complexity index is 575. The Morgan fingerprint density at radius 3 is 2.68 bits per heavy atom. The highest BCUT2D eigenvalue weighted by Crippen LogP contribution is 2.28. The molecule has 0 radical (unpaired) electrons. The van der Waals surface area contributed by atoms with Gasteiger partial charge in [0.1, 0.15) is 12.1 Å². The van der Waals surface area contributed by atoms with E-state index in [2.05, 4.69) is 43.0 Å². The van der Waals surface area contributed by atoms with Gasteiger partial charge >= 0.3 is 0 Å². The zero-order chi connectivity index (χ0) is 14.0. The summed E-state index contributed by atoms with van der Waals surface area (Å²) in [6.07, 6.45) is 1.59. The fourth-order valence-corrected chi connectivity index (χ4v) is 1.73. The van der Waals surface area contributed by atoms with Crippen LogP contribution in [0.15, 0.2) is 24.5 Å². The molecular formula is C15H22N4. The van der Waals surface area contributed by atoms with Crippen LogP contribution in [0, 0.1) is 11.3 Å². The molecule has 102 valence electrons. The molecule has 0 unspecified atom stereocenters. The number of nitrogens with one attached hydrogen (secondary N) is 1. The van der Waals surface area contributed by atoms with Crippen molar-refractivity contribution in [3.63, 3.8) is 0 Å². The fraction of sp³-hybridized carbons (Fsp3) is 0.467. The second-order valence-corrected chi connectivity index (χ2v) is 6.00. The number of rotatable bonds is 4. The van der Waals surface area contributed by atoms with E-state index in [4.69, 9.17) is 5.73 Å². The van der Waals surface area contributed by atoms with E-state index in [1.807, 2.05) is 18.2 Å². The average molecular weight is 258 g/mol. The normalized spacial score (nSPS) is 12.1. The number of hydrogen-bond acceptors (Lipinski definition) is 4. The summed E-state index contributed by atoms with van der Waals surface area (Å²) < 4.78 is 0. The molecule has 0 saturated carbocycles. The van der Waals surface area contributed by atoms with Crippen LogP contribution in [0.1, 0.15) is 27.7 Å². The van der Waals surface area contributed by atoms with E-state index in [1.54, 1.807) is 6.33 Å². The monoisotopic (exact) mass is 258 g/mol. The first-order valence-corrected chi connectivity index (χ1v) is 6.64. The van der Waals surface area contributed by atoms with E-state index >= 15 is 0 Å². The highest BCUT2D eigenvalue weighted by atomic mass is 15.0. The maximum Gasteiger partial charge on any atom is 0.137 e. The van der Waals surface area contributed by atoms with Crippen LogP contribution in [-0.4, -0.2) is 16.5 Å². The lowest BCUT2D eigenvalue weighted by molar-refractivity contribution is 0.269. The molecule has 19 heavy (non-hydrogen) atoms. The van der Waals surface area contributed by atoms with E-state index in [9.17, 15) is 0 Å². The highest BCUT2D eigenvalue weighted by molar-refractivity contribution is 5.91. The van der Waals surface area contributed by atoms with Crippen LogP contribution in [0.25, 0.3) is 10.9 Å². The number of nitrogens with two attached hydrogens (primary N) is 1. The van der Waals surface area contributed by atoms with Crippen LogP contribution in [0.5, 0.6) is 0 Å². The van der Waals surface area contributed by atoms with Crippen LogP contribution >= 0.6 is 0 Å². The van der Waals surface area contributed by atoms with Crippen LogP contribution in [-0.2, 0) is 0 Å². The van der Waals surface area contributed by atoms with Gasteiger partial charge in [-0.1, -0.05) is 27.7 Å². The van der Waals surface area contributed by atoms with Gasteiger partial charge in [0.05, 0.1) is 5.52 Å². The molecule has 2 rings (SSSR count). The Morgan fingerprint density at radius 2 is 2.00 bits per heavy atom. The maximum atomic E-state index is 5.84. The number of nitrogens with zero attached hydrogens (tertiary/aromatic N) is 2. The smallest absolute Gasteiger partial charge is 0.137 e. The lowest BCUT2D eigenvalue weighted by Crippen LogP contribution is -2.28. The summed E-state index contributed by atoms with van der Waals surface area (Å²) in [5, 5.41) is 4.40. The van der Waals surface area contributed by atoms with Gasteiger partial charge in [-0.05, 0) is 29.5 Å². The molecular weight excluding hydrogens is 236 g/mol. The quantitative estimate of drug-likeness (QED) is 0.826. The molecule has 0 aliphatic rings. The van der Waals surface area contributed by atoms with E-state index in [0.29, 0.717) is 5.92 Å². The summed E-state index contributed by atoms with van der Waals surface area (Å²) in [7, 11) is 0. The minimum Gasteiger partial charge on any atom is -0.399 e. The van der Waals surface area contributed by atoms with Gasteiger partial charge in [-0.25, -0.2) is 9.97 Å². The lowest BCUT2D eigenvalue weighted by atomic mass is 9.81. The molecule has 0 saturated heterocycles. The molecule has 0 amide bonds. The SMILES string of the molecule is CC(C)C(C)(C)CNc1ncnc2ccc(N)cc12. The fourth-order valence-electron chi connectivity index (χ4n) is 1.73. The number of anilines is 2. The van der Waals surface area contributed by atoms with Gasteiger partial charge in [-0.2, -0.15) is 0 Å². The van der Waals surface area contributed by atoms with Crippen molar-refractivity contribution < 1.29 is 0 Å². The van der Waals surface area contributed by atoms with Gasteiger partial charge in [-0.15, -0.1) is 0 Å². The minimum atomic E-state index is 0.206. The second-order valence-electron chi connectivity index (χ2n) is 6.00. The van der Waals surface area contributed by atoms with Crippen molar-refractivity contribution in [2.24, 2.45) is 11.3 Å². The summed E-state index contributed by atoms with van der Waals surface area (Å²) >= 11 is 0. The Kier molecular flexibility index (Phi) is 3.60. The van der Waals surface area contributed by atoms with Gasteiger partial charge in [0, 0.05) is 17.6 Å². The highest BCUT2D eigenvalue weighted by Gasteiger charge is 2.22. The van der Waals surface area contributed by atoms with Gasteiger partial charge in [0.2, 0.25) is 0 Å². The van der Waals surface area contributed by atoms with E-state index in [0.717, 1.165) is 29.0 Å². The zero-order valence-corrected chi connectivity index (χ0v) is 12.1. The summed E-state index contributed by atoms with van der Waals surface area (Å²) in [5.41, 5.74) is 7.69. The molecule has 1 heterocycles. The molecule has 4 heteroatoms. The maximum absolute atomic E-state index is 5.84. The largest absolute Gasteiger partial charge is 0.399 e. The standard InChI is InChI=1S/C15H22N4/c1-10(2)15(3,4)8-17-14-12-7-11(16)5-6-13(12)18-9-19-14/h5-7,9-10H,8,16H2,1-4H3,(H,17,18,19). The Labute approximate surface area is 114 Å². The topological polar surface area (TPSA) is 63.8 Å². The van der Waals surface area contributed by atoms with Gasteiger partial charge in [0.15, 0.2) is 0 Å². The van der Waals surface area contributed by atoms with Crippen LogP contribution < -0.4 is 11.1 Å². The van der Waals surface area contributed by atoms with E-state index < -0.39 is 0 Å². The van der Waals surface area contributed by atoms with Gasteiger partial charge < -0.3 is 11.1 Å². The molecule has 0 spiro atoms. The van der Waals surface area contributed by atoms with Crippen molar-refractivity contribution in [2.45, 2.75) is 27.7 Å². The summed E-state index contributed by atoms with van der Waals surface area (Å²) in [4.78, 5) is 8.59. The molecule has 2 aromatic rings. The Balaban J connectivity index is 2.28. The minimum absolute atomic E-state index is 0.206. The van der Waals surface area contributed by atoms with E-state index in [1.165, 1.54) is 0 Å². The Morgan fingerprint density at radius 1 is 1.26 bits per heavy atom. The van der Waals surface area contributed by atoms with Crippen molar-refractivity contribution in [1.82, 2.24) is 9.97 Å². The molecule has 3 N–H and O–H groups in total. The van der Waals surface area contributed by atoms with Crippen LogP contribution in [0.2, 0.25) is 0 Å². The van der Waals surface area contributed by atoms with Crippen molar-refractivity contribution in [3.8, 4) is 0 Å². The predicted octanol–water partition coefficient (Wildman–Crippen LogP) is 3.31. The summed E-state index contributed by atoms with van der Waals surface area (Å²) in [5.74, 6) is 1.45. The number of nitrogen functional groups attached to an aromatic ring is 1. The zero-order valence-electron chi connectivity index (χ0n) is 12.1. The molecule has 1 aromatic carbocycles. The molecule has 1 aromatic heterocycles. The first-order chi connectivity index (χ1) is 8.90. The molecule has 0 fully saturated rings. The predicted molar refractivity (Wildman–Crippen MR) is 81.1 cm³/mol. The third-order valence-corrected chi connectivity index (χ3v) is 3.93. The molecule has 0 aliphatic carbocycles. The molecule has 0 bridgehead atoms. The first kappa shape index (κ1) is 13.6. The summed E-state index contributed by atoms with van der Waals surface area (Å²) in [6, 6.07) is 5.70. The molecule has 0 atom stereocenters. The second kappa shape index (κ2) is 5.03. The van der Waals surface area contributed by atoms with Gasteiger partial charge in [0.25, 0.3) is 0 Å². The lowest BCUT2D eigenvalue weighted by Gasteiger charge is -2.29. The number of benzene rings is 1. The number of aromatic nitrogens is 2. The van der Waals surface area contributed by atoms with Crippen molar-refractivity contribution in [3.05, 3.63) is 24.5 Å². The van der Waals surface area contributed by atoms with Crippen molar-refractivity contribution >= 4 is 22.4 Å². The van der Waals surface area contributed by atoms with Crippen molar-refractivity contribution in [2.75, 3.05) is 17.6 Å². The Hall–Kier alpha value is -1.84. The number of hydrogen-bond donors (Lipinski definition) is 2. The van der Waals surface area contributed by atoms with Crippen molar-refractivity contribution in [1.29, 1.82) is 0 Å². The third kappa shape index (κ3) is 2.95. The first-order valence-electron chi connectivity index (χ1n) is 6.64. The van der Waals surface area contributed by atoms with Gasteiger partial charge in [-0.3, -0.25) is 0 Å². The number of fused-ring (bicyclic) bond motifs is 1. The average Bonchev–Trinajstić information content (AvgIpc) is 2.36. The summed E-state index contributed by atoms with van der Waals surface area (Å²) in [6.45, 7) is 9.84.